The molecule has 13 heteroatoms. The molecule has 0 saturated carbocycles. The van der Waals surface area contributed by atoms with Crippen LogP contribution in [-0.2, 0) is 19.1 Å². The van der Waals surface area contributed by atoms with Gasteiger partial charge in [-0.2, -0.15) is 0 Å². The molecule has 54 heavy (non-hydrogen) atoms. The molecule has 2 fully saturated rings. The van der Waals surface area contributed by atoms with Gasteiger partial charge in [0.2, 0.25) is 0 Å². The number of carbonyl (C=O) groups is 9. The first-order valence-electron chi connectivity index (χ1n) is 18.1. The van der Waals surface area contributed by atoms with Crippen LogP contribution >= 0.6 is 0 Å². The number of benzene rings is 2. The highest BCUT2D eigenvalue weighted by atomic mass is 16.6. The van der Waals surface area contributed by atoms with Gasteiger partial charge in [0, 0.05) is 46.5 Å². The van der Waals surface area contributed by atoms with Gasteiger partial charge in [-0.05, 0) is 90.5 Å². The second-order valence-corrected chi connectivity index (χ2v) is 17.0. The van der Waals surface area contributed by atoms with Crippen molar-refractivity contribution in [1.29, 1.82) is 0 Å². The summed E-state index contributed by atoms with van der Waals surface area (Å²) in [5, 5.41) is 0. The second-order valence-electron chi connectivity index (χ2n) is 17.0. The Morgan fingerprint density at radius 3 is 1.22 bits per heavy atom. The molecular formula is C41H44N2O11. The molecule has 2 heterocycles. The molecule has 2 unspecified atom stereocenters. The van der Waals surface area contributed by atoms with Crippen molar-refractivity contribution in [3.8, 4) is 0 Å². The van der Waals surface area contributed by atoms with Gasteiger partial charge < -0.3 is 9.47 Å². The highest BCUT2D eigenvalue weighted by Crippen LogP contribution is 2.36. The molecule has 2 aliphatic carbocycles. The number of likely N-dealkylation sites (tertiary alicyclic amines) is 2. The van der Waals surface area contributed by atoms with E-state index in [0.29, 0.717) is 0 Å². The highest BCUT2D eigenvalue weighted by molar-refractivity contribution is 6.38. The van der Waals surface area contributed by atoms with Crippen LogP contribution in [-0.4, -0.2) is 98.8 Å². The third-order valence-electron chi connectivity index (χ3n) is 10.2. The van der Waals surface area contributed by atoms with Crippen LogP contribution in [0.5, 0.6) is 0 Å². The van der Waals surface area contributed by atoms with Crippen molar-refractivity contribution in [3.63, 3.8) is 0 Å². The average Bonchev–Trinajstić information content (AvgIpc) is 3.80. The van der Waals surface area contributed by atoms with Gasteiger partial charge in [-0.15, -0.1) is 0 Å². The van der Waals surface area contributed by atoms with E-state index in [2.05, 4.69) is 0 Å². The lowest BCUT2D eigenvalue weighted by Gasteiger charge is -2.28. The largest absolute Gasteiger partial charge is 0.444 e. The van der Waals surface area contributed by atoms with Crippen molar-refractivity contribution in [2.45, 2.75) is 91.5 Å². The van der Waals surface area contributed by atoms with Gasteiger partial charge in [-0.3, -0.25) is 43.4 Å². The fraction of sp³-hybridized carbons (Fsp3) is 0.488. The minimum absolute atomic E-state index is 0.00911. The van der Waals surface area contributed by atoms with E-state index >= 15 is 0 Å². The van der Waals surface area contributed by atoms with Gasteiger partial charge in [-0.25, -0.2) is 9.59 Å². The first kappa shape index (κ1) is 38.4. The van der Waals surface area contributed by atoms with E-state index in [-0.39, 0.29) is 71.1 Å². The molecule has 284 valence electrons. The normalized spacial score (nSPS) is 25.2. The van der Waals surface area contributed by atoms with Gasteiger partial charge in [0.1, 0.15) is 23.0 Å². The van der Waals surface area contributed by atoms with Gasteiger partial charge in [-0.1, -0.05) is 26.0 Å². The monoisotopic (exact) mass is 740 g/mol. The fourth-order valence-electron chi connectivity index (χ4n) is 7.81. The van der Waals surface area contributed by atoms with Crippen LogP contribution in [0.3, 0.4) is 0 Å². The molecule has 2 amide bonds. The van der Waals surface area contributed by atoms with Crippen molar-refractivity contribution < 1.29 is 52.6 Å². The first-order valence-corrected chi connectivity index (χ1v) is 18.1. The first-order chi connectivity index (χ1) is 25.1. The summed E-state index contributed by atoms with van der Waals surface area (Å²) >= 11 is 0. The smallest absolute Gasteiger partial charge is 0.410 e. The molecule has 2 aromatic rings. The Kier molecular flexibility index (Phi) is 9.61. The molecule has 0 bridgehead atoms. The Morgan fingerprint density at radius 1 is 0.556 bits per heavy atom. The summed E-state index contributed by atoms with van der Waals surface area (Å²) < 4.78 is 11.0. The van der Waals surface area contributed by atoms with Gasteiger partial charge in [0.25, 0.3) is 0 Å². The topological polar surface area (TPSA) is 179 Å². The molecule has 13 nitrogen and oxygen atoms in total. The maximum absolute atomic E-state index is 13.8. The molecule has 6 atom stereocenters. The Morgan fingerprint density at radius 2 is 0.889 bits per heavy atom. The van der Waals surface area contributed by atoms with Crippen LogP contribution in [0.2, 0.25) is 0 Å². The number of ether oxygens (including phenoxy) is 2. The van der Waals surface area contributed by atoms with E-state index in [0.717, 1.165) is 0 Å². The van der Waals surface area contributed by atoms with Gasteiger partial charge in [0.05, 0.1) is 12.1 Å². The summed E-state index contributed by atoms with van der Waals surface area (Å²) in [5.74, 6) is -8.58. The number of ketones is 7. The van der Waals surface area contributed by atoms with E-state index < -0.39 is 87.8 Å². The predicted molar refractivity (Wildman–Crippen MR) is 192 cm³/mol. The molecule has 2 saturated heterocycles. The third-order valence-corrected chi connectivity index (χ3v) is 10.2. The number of Topliss-reactive ketones (excluding diaryl/α,β-unsaturated/α-hetero) is 6. The van der Waals surface area contributed by atoms with E-state index in [1.807, 2.05) is 13.8 Å². The van der Waals surface area contributed by atoms with Crippen molar-refractivity contribution in [2.75, 3.05) is 13.1 Å². The lowest BCUT2D eigenvalue weighted by atomic mass is 9.91. The quantitative estimate of drug-likeness (QED) is 0.276. The lowest BCUT2D eigenvalue weighted by Crippen LogP contribution is -2.47. The Bertz CT molecular complexity index is 1910. The summed E-state index contributed by atoms with van der Waals surface area (Å²) in [6.45, 7) is 14.3. The molecule has 6 rings (SSSR count). The van der Waals surface area contributed by atoms with Crippen molar-refractivity contribution in [3.05, 3.63) is 69.8 Å². The van der Waals surface area contributed by atoms with Crippen LogP contribution < -0.4 is 0 Å². The third kappa shape index (κ3) is 6.91. The number of hydrogen-bond donors (Lipinski definition) is 0. The minimum Gasteiger partial charge on any atom is -0.444 e. The average molecular weight is 741 g/mol. The van der Waals surface area contributed by atoms with Gasteiger partial charge in [0.15, 0.2) is 40.5 Å². The summed E-state index contributed by atoms with van der Waals surface area (Å²) in [7, 11) is 0. The van der Waals surface area contributed by atoms with Crippen LogP contribution in [0.15, 0.2) is 36.4 Å². The molecule has 0 N–H and O–H groups in total. The molecule has 0 aromatic heterocycles. The lowest BCUT2D eigenvalue weighted by molar-refractivity contribution is -0.125. The zero-order valence-electron chi connectivity index (χ0n) is 31.6. The molecular weight excluding hydrogens is 696 g/mol. The zero-order valence-corrected chi connectivity index (χ0v) is 31.6. The van der Waals surface area contributed by atoms with Crippen molar-refractivity contribution in [1.82, 2.24) is 9.80 Å². The number of carbonyl (C=O) groups excluding carboxylic acids is 9. The highest BCUT2D eigenvalue weighted by Gasteiger charge is 2.52. The summed E-state index contributed by atoms with van der Waals surface area (Å²) in [6, 6.07) is 5.65. The van der Waals surface area contributed by atoms with E-state index in [4.69, 9.17) is 9.47 Å². The maximum Gasteiger partial charge on any atom is 0.410 e. The summed E-state index contributed by atoms with van der Waals surface area (Å²) in [4.78, 5) is 124. The summed E-state index contributed by atoms with van der Waals surface area (Å²) in [5.41, 5.74) is -1.94. The number of nitrogens with zero attached hydrogens (tertiary/aromatic N) is 2. The fourth-order valence-corrected chi connectivity index (χ4v) is 7.81. The van der Waals surface area contributed by atoms with Gasteiger partial charge >= 0.3 is 12.2 Å². The standard InChI is InChI=1S/C41H44N2O11/c1-19-13-27(42(17-19)38(51)53-40(3,4)5)36(49)29-32(45)23-11-9-21(15-25(23)34(29)47)31(44)22-10-12-24-26(16-22)35(48)30(33(24)46)37(50)28-14-20(2)18-43(28)39(52)54-41(6,7)8/h9-12,15-16,19-20,27-30H,13-14,17-18H2,1-8H3/t19-,20-,27-,28-,29?,30?/m0/s1. The van der Waals surface area contributed by atoms with Crippen molar-refractivity contribution in [2.24, 2.45) is 23.7 Å². The van der Waals surface area contributed by atoms with Crippen LogP contribution in [0.25, 0.3) is 0 Å². The predicted octanol–water partition coefficient (Wildman–Crippen LogP) is 5.34. The minimum atomic E-state index is -1.68. The van der Waals surface area contributed by atoms with Crippen LogP contribution in [0.4, 0.5) is 9.59 Å². The number of rotatable bonds is 6. The van der Waals surface area contributed by atoms with E-state index in [1.54, 1.807) is 41.5 Å². The van der Waals surface area contributed by atoms with Crippen molar-refractivity contribution >= 4 is 52.7 Å². The number of amides is 2. The van der Waals surface area contributed by atoms with Crippen LogP contribution in [0, 0.1) is 23.7 Å². The molecule has 0 spiro atoms. The SMILES string of the molecule is C[C@H]1C[C@@H](C(=O)C2C(=O)c3ccc(C(=O)c4ccc5c(c4)C(=O)C(C(=O)[C@@H]4C[C@H](C)CN4C(=O)OC(C)(C)C)C5=O)cc3C2=O)N(C(=O)OC(C)(C)C)C1. The number of hydrogen-bond acceptors (Lipinski definition) is 11. The molecule has 4 aliphatic rings. The summed E-state index contributed by atoms with van der Waals surface area (Å²) in [6.07, 6.45) is -0.921. The maximum atomic E-state index is 13.8. The van der Waals surface area contributed by atoms with Crippen LogP contribution in [0.1, 0.15) is 126 Å². The molecule has 0 radical (unpaired) electrons. The molecule has 2 aromatic carbocycles. The van der Waals surface area contributed by atoms with E-state index in [9.17, 15) is 43.2 Å². The van der Waals surface area contributed by atoms with E-state index in [1.165, 1.54) is 46.2 Å². The molecule has 2 aliphatic heterocycles. The Labute approximate surface area is 312 Å². The zero-order chi connectivity index (χ0) is 39.8. The second kappa shape index (κ2) is 13.5. The Balaban J connectivity index is 1.21. The number of fused-ring (bicyclic) bond motifs is 2. The Hall–Kier alpha value is -5.33.